The maximum absolute atomic E-state index is 12.2. The molecule has 26 heavy (non-hydrogen) atoms. The summed E-state index contributed by atoms with van der Waals surface area (Å²) in [6.45, 7) is 3.63. The van der Waals surface area contributed by atoms with Crippen LogP contribution >= 0.6 is 0 Å². The van der Waals surface area contributed by atoms with Crippen molar-refractivity contribution in [2.24, 2.45) is 5.92 Å². The summed E-state index contributed by atoms with van der Waals surface area (Å²) in [5.41, 5.74) is 1.12. The van der Waals surface area contributed by atoms with Gasteiger partial charge in [-0.15, -0.1) is 0 Å². The van der Waals surface area contributed by atoms with E-state index >= 15 is 0 Å². The molecule has 3 rings (SSSR count). The minimum Gasteiger partial charge on any atom is -0.495 e. The summed E-state index contributed by atoms with van der Waals surface area (Å²) in [5.74, 6) is 3.34. The summed E-state index contributed by atoms with van der Waals surface area (Å²) >= 11 is 0. The molecule has 0 saturated heterocycles. The number of anilines is 2. The molecule has 1 fully saturated rings. The second-order valence-corrected chi connectivity index (χ2v) is 6.77. The molecule has 1 aromatic carbocycles. The molecule has 1 aromatic heterocycles. The highest BCUT2D eigenvalue weighted by Crippen LogP contribution is 2.47. The third kappa shape index (κ3) is 4.45. The van der Waals surface area contributed by atoms with Crippen LogP contribution < -0.4 is 15.4 Å². The highest BCUT2D eigenvalue weighted by Gasteiger charge is 2.36. The minimum absolute atomic E-state index is 0.110. The highest BCUT2D eigenvalue weighted by molar-refractivity contribution is 5.94. The Hall–Kier alpha value is -2.76. The molecule has 0 spiro atoms. The van der Waals surface area contributed by atoms with Crippen LogP contribution in [0.3, 0.4) is 0 Å². The van der Waals surface area contributed by atoms with Crippen molar-refractivity contribution in [1.82, 2.24) is 0 Å². The normalized spacial score (nSPS) is 18.3. The Balaban J connectivity index is 1.55. The van der Waals surface area contributed by atoms with Gasteiger partial charge in [-0.25, -0.2) is 0 Å². The van der Waals surface area contributed by atoms with Crippen LogP contribution in [0.4, 0.5) is 11.4 Å². The number of nitrogens with one attached hydrogen (secondary N) is 2. The number of hydrogen-bond acceptors (Lipinski definition) is 4. The largest absolute Gasteiger partial charge is 0.495 e. The zero-order valence-electron chi connectivity index (χ0n) is 15.3. The molecule has 138 valence electrons. The molecule has 0 bridgehead atoms. The van der Waals surface area contributed by atoms with Crippen molar-refractivity contribution < 1.29 is 18.7 Å². The zero-order valence-corrected chi connectivity index (χ0v) is 15.3. The Morgan fingerprint density at radius 1 is 1.23 bits per heavy atom. The average Bonchev–Trinajstić information content (AvgIpc) is 3.14. The van der Waals surface area contributed by atoms with Gasteiger partial charge >= 0.3 is 0 Å². The Labute approximate surface area is 152 Å². The number of aryl methyl sites for hydroxylation is 1. The van der Waals surface area contributed by atoms with E-state index in [0.717, 1.165) is 11.5 Å². The van der Waals surface area contributed by atoms with Gasteiger partial charge in [0.1, 0.15) is 17.3 Å². The summed E-state index contributed by atoms with van der Waals surface area (Å²) in [5, 5.41) is 5.53. The van der Waals surface area contributed by atoms with E-state index in [2.05, 4.69) is 17.6 Å². The summed E-state index contributed by atoms with van der Waals surface area (Å²) in [4.78, 5) is 23.5. The average molecular weight is 356 g/mol. The van der Waals surface area contributed by atoms with Crippen molar-refractivity contribution >= 4 is 23.2 Å². The van der Waals surface area contributed by atoms with Crippen LogP contribution in [0.5, 0.6) is 5.75 Å². The lowest BCUT2D eigenvalue weighted by atomic mass is 10.2. The molecule has 6 heteroatoms. The number of carbonyl (C=O) groups is 2. The molecule has 0 radical (unpaired) electrons. The van der Waals surface area contributed by atoms with Crippen LogP contribution in [0.25, 0.3) is 0 Å². The molecule has 2 amide bonds. The van der Waals surface area contributed by atoms with Gasteiger partial charge < -0.3 is 19.8 Å². The predicted molar refractivity (Wildman–Crippen MR) is 99.5 cm³/mol. The Bertz CT molecular complexity index is 812. The van der Waals surface area contributed by atoms with E-state index in [0.29, 0.717) is 41.8 Å². The maximum atomic E-state index is 12.2. The third-order valence-electron chi connectivity index (χ3n) is 4.55. The van der Waals surface area contributed by atoms with Crippen LogP contribution in [0.15, 0.2) is 34.7 Å². The number of furan rings is 1. The molecule has 2 aromatic rings. The van der Waals surface area contributed by atoms with E-state index in [1.54, 1.807) is 18.2 Å². The molecule has 1 heterocycles. The van der Waals surface area contributed by atoms with Crippen LogP contribution in [0.2, 0.25) is 0 Å². The van der Waals surface area contributed by atoms with Crippen molar-refractivity contribution in [1.29, 1.82) is 0 Å². The van der Waals surface area contributed by atoms with Crippen LogP contribution in [-0.2, 0) is 16.0 Å². The summed E-state index contributed by atoms with van der Waals surface area (Å²) in [6.07, 6.45) is 2.07. The molecule has 0 aliphatic heterocycles. The second kappa shape index (κ2) is 7.64. The fourth-order valence-electron chi connectivity index (χ4n) is 2.98. The van der Waals surface area contributed by atoms with Gasteiger partial charge in [0, 0.05) is 31.4 Å². The zero-order chi connectivity index (χ0) is 18.7. The first-order valence-electron chi connectivity index (χ1n) is 8.80. The maximum Gasteiger partial charge on any atom is 0.224 e. The lowest BCUT2D eigenvalue weighted by molar-refractivity contribution is -0.116. The number of hydrogen-bond donors (Lipinski definition) is 2. The monoisotopic (exact) mass is 356 g/mol. The first-order chi connectivity index (χ1) is 12.5. The third-order valence-corrected chi connectivity index (χ3v) is 4.55. The highest BCUT2D eigenvalue weighted by atomic mass is 16.5. The number of benzene rings is 1. The van der Waals surface area contributed by atoms with Crippen molar-refractivity contribution in [3.8, 4) is 5.75 Å². The smallest absolute Gasteiger partial charge is 0.224 e. The Kier molecular flexibility index (Phi) is 5.30. The Morgan fingerprint density at radius 2 is 2.00 bits per heavy atom. The SMILES string of the molecule is COc1ccc(NC(=O)CCc2ccc(C3CC3C)o2)cc1NC(C)=O. The molecular weight excluding hydrogens is 332 g/mol. The van der Waals surface area contributed by atoms with Gasteiger partial charge in [-0.3, -0.25) is 9.59 Å². The van der Waals surface area contributed by atoms with Crippen molar-refractivity contribution in [2.75, 3.05) is 17.7 Å². The summed E-state index contributed by atoms with van der Waals surface area (Å²) < 4.78 is 11.0. The molecular formula is C20H24N2O4. The summed E-state index contributed by atoms with van der Waals surface area (Å²) in [7, 11) is 1.53. The van der Waals surface area contributed by atoms with Crippen LogP contribution in [-0.4, -0.2) is 18.9 Å². The molecule has 1 aliphatic carbocycles. The first kappa shape index (κ1) is 18.0. The second-order valence-electron chi connectivity index (χ2n) is 6.77. The van der Waals surface area contributed by atoms with Gasteiger partial charge in [0.15, 0.2) is 0 Å². The van der Waals surface area contributed by atoms with E-state index in [-0.39, 0.29) is 11.8 Å². The van der Waals surface area contributed by atoms with E-state index in [9.17, 15) is 9.59 Å². The molecule has 1 saturated carbocycles. The lowest BCUT2D eigenvalue weighted by Gasteiger charge is -2.11. The first-order valence-corrected chi connectivity index (χ1v) is 8.80. The molecule has 1 aliphatic rings. The number of carbonyl (C=O) groups excluding carboxylic acids is 2. The fourth-order valence-corrected chi connectivity index (χ4v) is 2.98. The van der Waals surface area contributed by atoms with Crippen LogP contribution in [0, 0.1) is 5.92 Å². The van der Waals surface area contributed by atoms with Crippen molar-refractivity contribution in [3.05, 3.63) is 41.9 Å². The number of ether oxygens (including phenoxy) is 1. The molecule has 2 unspecified atom stereocenters. The topological polar surface area (TPSA) is 80.6 Å². The molecule has 2 N–H and O–H groups in total. The van der Waals surface area contributed by atoms with E-state index in [1.807, 2.05) is 12.1 Å². The molecule has 2 atom stereocenters. The predicted octanol–water partition coefficient (Wildman–Crippen LogP) is 3.94. The van der Waals surface area contributed by atoms with Gasteiger partial charge in [0.05, 0.1) is 12.8 Å². The number of methoxy groups -OCH3 is 1. The van der Waals surface area contributed by atoms with E-state index in [4.69, 9.17) is 9.15 Å². The summed E-state index contributed by atoms with van der Waals surface area (Å²) in [6, 6.07) is 9.09. The van der Waals surface area contributed by atoms with Gasteiger partial charge in [0.25, 0.3) is 0 Å². The quantitative estimate of drug-likeness (QED) is 0.787. The van der Waals surface area contributed by atoms with Crippen LogP contribution in [0.1, 0.15) is 44.1 Å². The van der Waals surface area contributed by atoms with E-state index in [1.165, 1.54) is 20.5 Å². The van der Waals surface area contributed by atoms with Gasteiger partial charge in [0.2, 0.25) is 11.8 Å². The van der Waals surface area contributed by atoms with Gasteiger partial charge in [-0.05, 0) is 42.7 Å². The minimum atomic E-state index is -0.203. The van der Waals surface area contributed by atoms with Gasteiger partial charge in [-0.1, -0.05) is 6.92 Å². The van der Waals surface area contributed by atoms with Gasteiger partial charge in [-0.2, -0.15) is 0 Å². The number of amides is 2. The Morgan fingerprint density at radius 3 is 2.65 bits per heavy atom. The van der Waals surface area contributed by atoms with Crippen molar-refractivity contribution in [2.45, 2.75) is 39.0 Å². The standard InChI is InChI=1S/C20H24N2O4/c1-12-10-16(12)18-8-5-15(26-18)6-9-20(24)22-14-4-7-19(25-3)17(11-14)21-13(2)23/h4-5,7-8,11-12,16H,6,9-10H2,1-3H3,(H,21,23)(H,22,24). The fraction of sp³-hybridized carbons (Fsp3) is 0.400. The van der Waals surface area contributed by atoms with E-state index < -0.39 is 0 Å². The lowest BCUT2D eigenvalue weighted by Crippen LogP contribution is -2.13. The van der Waals surface area contributed by atoms with Crippen molar-refractivity contribution in [3.63, 3.8) is 0 Å². The number of rotatable bonds is 7. The molecule has 6 nitrogen and oxygen atoms in total.